The minimum Gasteiger partial charge on any atom is -0.396 e. The maximum Gasteiger partial charge on any atom is 0.257 e. The summed E-state index contributed by atoms with van der Waals surface area (Å²) in [7, 11) is 0. The van der Waals surface area contributed by atoms with E-state index in [1.54, 1.807) is 23.1 Å². The monoisotopic (exact) mass is 291 g/mol. The molecule has 21 heavy (non-hydrogen) atoms. The molecule has 0 bridgehead atoms. The molecule has 0 aliphatic carbocycles. The Bertz CT molecular complexity index is 568. The van der Waals surface area contributed by atoms with Gasteiger partial charge in [0.05, 0.1) is 0 Å². The van der Waals surface area contributed by atoms with Crippen LogP contribution in [0.3, 0.4) is 0 Å². The van der Waals surface area contributed by atoms with E-state index in [1.807, 2.05) is 20.8 Å². The standard InChI is InChI=1S/C13H21N7O/c1-4-14-10-16-11(19-13(2,3)6-9-21)18-12(17-10)20-8-5-7-15-20/h5,7-8,21H,4,6,9H2,1-3H3,(H2,14,16,17,18,19). The molecule has 0 fully saturated rings. The summed E-state index contributed by atoms with van der Waals surface area (Å²) in [6.07, 6.45) is 4.03. The zero-order valence-electron chi connectivity index (χ0n) is 12.5. The molecule has 0 saturated carbocycles. The van der Waals surface area contributed by atoms with Gasteiger partial charge in [-0.05, 0) is 33.3 Å². The molecule has 3 N–H and O–H groups in total. The second kappa shape index (κ2) is 6.49. The highest BCUT2D eigenvalue weighted by molar-refractivity contribution is 5.39. The van der Waals surface area contributed by atoms with Crippen LogP contribution < -0.4 is 10.6 Å². The average molecular weight is 291 g/mol. The lowest BCUT2D eigenvalue weighted by molar-refractivity contribution is 0.260. The van der Waals surface area contributed by atoms with Crippen molar-refractivity contribution in [1.29, 1.82) is 0 Å². The summed E-state index contributed by atoms with van der Waals surface area (Å²) < 4.78 is 1.58. The van der Waals surface area contributed by atoms with Crippen LogP contribution in [0.25, 0.3) is 5.95 Å². The van der Waals surface area contributed by atoms with E-state index in [2.05, 4.69) is 30.7 Å². The molecular weight excluding hydrogens is 270 g/mol. The summed E-state index contributed by atoms with van der Waals surface area (Å²) in [5, 5.41) is 19.5. The van der Waals surface area contributed by atoms with Crippen molar-refractivity contribution >= 4 is 11.9 Å². The second-order valence-electron chi connectivity index (χ2n) is 5.25. The van der Waals surface area contributed by atoms with E-state index in [9.17, 15) is 0 Å². The second-order valence-corrected chi connectivity index (χ2v) is 5.25. The topological polar surface area (TPSA) is 101 Å². The third-order valence-electron chi connectivity index (χ3n) is 2.85. The van der Waals surface area contributed by atoms with Crippen molar-refractivity contribution in [2.75, 3.05) is 23.8 Å². The van der Waals surface area contributed by atoms with Crippen molar-refractivity contribution in [2.45, 2.75) is 32.7 Å². The lowest BCUT2D eigenvalue weighted by atomic mass is 10.0. The Morgan fingerprint density at radius 2 is 2.00 bits per heavy atom. The van der Waals surface area contributed by atoms with Gasteiger partial charge in [-0.1, -0.05) is 0 Å². The van der Waals surface area contributed by atoms with Crippen molar-refractivity contribution in [1.82, 2.24) is 24.7 Å². The Labute approximate surface area is 123 Å². The molecule has 0 atom stereocenters. The number of hydrogen-bond donors (Lipinski definition) is 3. The van der Waals surface area contributed by atoms with Gasteiger partial charge in [0.25, 0.3) is 5.95 Å². The fourth-order valence-corrected chi connectivity index (χ4v) is 1.79. The van der Waals surface area contributed by atoms with E-state index in [0.29, 0.717) is 30.8 Å². The molecule has 2 rings (SSSR count). The van der Waals surface area contributed by atoms with Crippen molar-refractivity contribution in [3.63, 3.8) is 0 Å². The molecule has 0 saturated heterocycles. The molecule has 2 aromatic rings. The molecule has 0 radical (unpaired) electrons. The molecule has 8 nitrogen and oxygen atoms in total. The van der Waals surface area contributed by atoms with Crippen molar-refractivity contribution in [3.05, 3.63) is 18.5 Å². The van der Waals surface area contributed by atoms with E-state index >= 15 is 0 Å². The van der Waals surface area contributed by atoms with Crippen molar-refractivity contribution < 1.29 is 5.11 Å². The van der Waals surface area contributed by atoms with Crippen LogP contribution in [-0.4, -0.2) is 48.5 Å². The zero-order chi connectivity index (χ0) is 15.3. The fraction of sp³-hybridized carbons (Fsp3) is 0.538. The maximum absolute atomic E-state index is 9.10. The summed E-state index contributed by atoms with van der Waals surface area (Å²) in [6.45, 7) is 6.74. The van der Waals surface area contributed by atoms with Gasteiger partial charge in [-0.25, -0.2) is 4.68 Å². The van der Waals surface area contributed by atoms with Crippen LogP contribution in [0.1, 0.15) is 27.2 Å². The number of nitrogens with zero attached hydrogens (tertiary/aromatic N) is 5. The van der Waals surface area contributed by atoms with Gasteiger partial charge >= 0.3 is 0 Å². The van der Waals surface area contributed by atoms with E-state index in [0.717, 1.165) is 0 Å². The molecule has 0 aliphatic rings. The first-order valence-electron chi connectivity index (χ1n) is 6.93. The number of rotatable bonds is 7. The molecule has 0 aromatic carbocycles. The lowest BCUT2D eigenvalue weighted by Gasteiger charge is -2.25. The molecule has 8 heteroatoms. The summed E-state index contributed by atoms with van der Waals surface area (Å²) in [5.74, 6) is 1.37. The average Bonchev–Trinajstić information content (AvgIpc) is 2.91. The highest BCUT2D eigenvalue weighted by Gasteiger charge is 2.19. The molecule has 2 heterocycles. The number of aromatic nitrogens is 5. The van der Waals surface area contributed by atoms with Crippen LogP contribution in [0.5, 0.6) is 0 Å². The first-order chi connectivity index (χ1) is 10.0. The van der Waals surface area contributed by atoms with Crippen LogP contribution in [-0.2, 0) is 0 Å². The Balaban J connectivity index is 2.32. The molecule has 114 valence electrons. The van der Waals surface area contributed by atoms with Crippen LogP contribution in [0.2, 0.25) is 0 Å². The van der Waals surface area contributed by atoms with E-state index < -0.39 is 0 Å². The van der Waals surface area contributed by atoms with Gasteiger partial charge in [0.1, 0.15) is 0 Å². The third-order valence-corrected chi connectivity index (χ3v) is 2.85. The third kappa shape index (κ3) is 4.12. The van der Waals surface area contributed by atoms with Crippen LogP contribution in [0, 0.1) is 0 Å². The smallest absolute Gasteiger partial charge is 0.257 e. The fourth-order valence-electron chi connectivity index (χ4n) is 1.79. The number of aliphatic hydroxyl groups excluding tert-OH is 1. The quantitative estimate of drug-likeness (QED) is 0.701. The molecule has 0 amide bonds. The van der Waals surface area contributed by atoms with Crippen molar-refractivity contribution in [3.8, 4) is 5.95 Å². The van der Waals surface area contributed by atoms with E-state index in [4.69, 9.17) is 5.11 Å². The normalized spacial score (nSPS) is 11.4. The summed E-state index contributed by atoms with van der Waals surface area (Å²) in [5.41, 5.74) is -0.318. The van der Waals surface area contributed by atoms with Crippen LogP contribution in [0.4, 0.5) is 11.9 Å². The first-order valence-corrected chi connectivity index (χ1v) is 6.93. The molecule has 0 unspecified atom stereocenters. The number of nitrogens with one attached hydrogen (secondary N) is 2. The zero-order valence-corrected chi connectivity index (χ0v) is 12.5. The minimum absolute atomic E-state index is 0.0944. The largest absolute Gasteiger partial charge is 0.396 e. The highest BCUT2D eigenvalue weighted by Crippen LogP contribution is 2.16. The van der Waals surface area contributed by atoms with Gasteiger partial charge in [0.2, 0.25) is 11.9 Å². The first kappa shape index (κ1) is 15.2. The van der Waals surface area contributed by atoms with Crippen molar-refractivity contribution in [2.24, 2.45) is 0 Å². The summed E-state index contributed by atoms with van der Waals surface area (Å²) in [4.78, 5) is 13.0. The number of anilines is 2. The predicted octanol–water partition coefficient (Wildman–Crippen LogP) is 1.06. The van der Waals surface area contributed by atoms with Gasteiger partial charge in [-0.2, -0.15) is 20.1 Å². The van der Waals surface area contributed by atoms with Gasteiger partial charge < -0.3 is 15.7 Å². The van der Waals surface area contributed by atoms with E-state index in [1.165, 1.54) is 0 Å². The predicted molar refractivity (Wildman–Crippen MR) is 80.5 cm³/mol. The SMILES string of the molecule is CCNc1nc(NC(C)(C)CCO)nc(-n2cccn2)n1. The molecule has 0 spiro atoms. The van der Waals surface area contributed by atoms with Crippen LogP contribution in [0.15, 0.2) is 18.5 Å². The molecule has 2 aromatic heterocycles. The number of hydrogen-bond acceptors (Lipinski definition) is 7. The van der Waals surface area contributed by atoms with Crippen LogP contribution >= 0.6 is 0 Å². The summed E-state index contributed by atoms with van der Waals surface area (Å²) in [6, 6.07) is 1.81. The summed E-state index contributed by atoms with van der Waals surface area (Å²) >= 11 is 0. The van der Waals surface area contributed by atoms with Gasteiger partial charge in [-0.15, -0.1) is 0 Å². The maximum atomic E-state index is 9.10. The Kier molecular flexibility index (Phi) is 4.69. The molecule has 0 aliphatic heterocycles. The Hall–Kier alpha value is -2.22. The highest BCUT2D eigenvalue weighted by atomic mass is 16.3. The van der Waals surface area contributed by atoms with E-state index in [-0.39, 0.29) is 12.1 Å². The van der Waals surface area contributed by atoms with Gasteiger partial charge in [0, 0.05) is 31.1 Å². The Morgan fingerprint density at radius 1 is 1.24 bits per heavy atom. The lowest BCUT2D eigenvalue weighted by Crippen LogP contribution is -2.33. The van der Waals surface area contributed by atoms with Gasteiger partial charge in [-0.3, -0.25) is 0 Å². The molecular formula is C13H21N7O. The number of aliphatic hydroxyl groups is 1. The Morgan fingerprint density at radius 3 is 2.62 bits per heavy atom. The minimum atomic E-state index is -0.318. The van der Waals surface area contributed by atoms with Gasteiger partial charge in [0.15, 0.2) is 0 Å².